The summed E-state index contributed by atoms with van der Waals surface area (Å²) in [6, 6.07) is 9.52. The maximum Gasteiger partial charge on any atom is 0.354 e. The van der Waals surface area contributed by atoms with Crippen molar-refractivity contribution >= 4 is 49.6 Å². The van der Waals surface area contributed by atoms with Crippen LogP contribution in [0.2, 0.25) is 0 Å². The summed E-state index contributed by atoms with van der Waals surface area (Å²) in [7, 11) is 0. The van der Waals surface area contributed by atoms with Gasteiger partial charge in [0.1, 0.15) is 5.82 Å². The van der Waals surface area contributed by atoms with Gasteiger partial charge in [-0.15, -0.1) is 0 Å². The summed E-state index contributed by atoms with van der Waals surface area (Å²) in [5, 5.41) is 11.4. The van der Waals surface area contributed by atoms with Gasteiger partial charge in [0.05, 0.1) is 5.56 Å². The van der Waals surface area contributed by atoms with E-state index in [1.54, 1.807) is 18.2 Å². The third kappa shape index (κ3) is 3.43. The van der Waals surface area contributed by atoms with Crippen molar-refractivity contribution < 1.29 is 14.7 Å². The molecule has 2 N–H and O–H groups in total. The molecule has 1 aromatic heterocycles. The molecule has 0 aliphatic heterocycles. The normalized spacial score (nSPS) is 10.1. The lowest BCUT2D eigenvalue weighted by Crippen LogP contribution is -2.14. The van der Waals surface area contributed by atoms with Gasteiger partial charge < -0.3 is 10.4 Å². The highest BCUT2D eigenvalue weighted by molar-refractivity contribution is 9.11. The van der Waals surface area contributed by atoms with Crippen molar-refractivity contribution in [1.29, 1.82) is 0 Å². The highest BCUT2D eigenvalue weighted by Crippen LogP contribution is 2.22. The Balaban J connectivity index is 2.23. The van der Waals surface area contributed by atoms with E-state index in [-0.39, 0.29) is 17.4 Å². The van der Waals surface area contributed by atoms with E-state index in [4.69, 9.17) is 5.11 Å². The van der Waals surface area contributed by atoms with E-state index < -0.39 is 5.97 Å². The second-order valence-corrected chi connectivity index (χ2v) is 5.56. The smallest absolute Gasteiger partial charge is 0.354 e. The first-order valence-electron chi connectivity index (χ1n) is 5.44. The number of hydrogen-bond donors (Lipinski definition) is 2. The van der Waals surface area contributed by atoms with Crippen molar-refractivity contribution in [2.24, 2.45) is 0 Å². The number of carbonyl (C=O) groups excluding carboxylic acids is 1. The number of rotatable bonds is 3. The Labute approximate surface area is 131 Å². The molecule has 1 aromatic carbocycles. The molecule has 102 valence electrons. The van der Waals surface area contributed by atoms with E-state index in [2.05, 4.69) is 42.2 Å². The number of carboxylic acids is 1. The fourth-order valence-corrected chi connectivity index (χ4v) is 2.71. The first-order chi connectivity index (χ1) is 9.47. The zero-order valence-electron chi connectivity index (χ0n) is 9.93. The molecule has 0 saturated carbocycles. The molecule has 0 fully saturated rings. The minimum atomic E-state index is -1.15. The maximum atomic E-state index is 12.1. The van der Waals surface area contributed by atoms with Crippen LogP contribution in [0.5, 0.6) is 0 Å². The number of aromatic nitrogens is 1. The quantitative estimate of drug-likeness (QED) is 0.826. The number of anilines is 1. The lowest BCUT2D eigenvalue weighted by atomic mass is 10.2. The van der Waals surface area contributed by atoms with Gasteiger partial charge in [-0.25, -0.2) is 9.78 Å². The fourth-order valence-electron chi connectivity index (χ4n) is 1.48. The summed E-state index contributed by atoms with van der Waals surface area (Å²) < 4.78 is 1.46. The third-order valence-electron chi connectivity index (χ3n) is 2.39. The summed E-state index contributed by atoms with van der Waals surface area (Å²) in [5.41, 5.74) is 0.299. The van der Waals surface area contributed by atoms with E-state index in [1.807, 2.05) is 0 Å². The Morgan fingerprint density at radius 3 is 2.55 bits per heavy atom. The minimum Gasteiger partial charge on any atom is -0.477 e. The number of carbonyl (C=O) groups is 2. The Morgan fingerprint density at radius 1 is 1.15 bits per heavy atom. The van der Waals surface area contributed by atoms with Gasteiger partial charge >= 0.3 is 5.97 Å². The van der Waals surface area contributed by atoms with Crippen LogP contribution in [0.25, 0.3) is 0 Å². The summed E-state index contributed by atoms with van der Waals surface area (Å²) >= 11 is 6.59. The highest BCUT2D eigenvalue weighted by atomic mass is 79.9. The average Bonchev–Trinajstić information content (AvgIpc) is 2.38. The van der Waals surface area contributed by atoms with E-state index >= 15 is 0 Å². The fraction of sp³-hybridized carbons (Fsp3) is 0. The summed E-state index contributed by atoms with van der Waals surface area (Å²) in [6.07, 6.45) is 0. The highest BCUT2D eigenvalue weighted by Gasteiger charge is 2.12. The predicted molar refractivity (Wildman–Crippen MR) is 81.0 cm³/mol. The molecule has 7 heteroatoms. The van der Waals surface area contributed by atoms with Crippen molar-refractivity contribution in [1.82, 2.24) is 4.98 Å². The van der Waals surface area contributed by atoms with Crippen LogP contribution in [0.4, 0.5) is 5.82 Å². The van der Waals surface area contributed by atoms with Crippen LogP contribution >= 0.6 is 31.9 Å². The molecule has 20 heavy (non-hydrogen) atoms. The molecule has 0 saturated heterocycles. The number of nitrogens with one attached hydrogen (secondary N) is 1. The zero-order valence-corrected chi connectivity index (χ0v) is 13.1. The van der Waals surface area contributed by atoms with Crippen molar-refractivity contribution in [2.75, 3.05) is 5.32 Å². The number of pyridine rings is 1. The number of hydrogen-bond acceptors (Lipinski definition) is 3. The first-order valence-corrected chi connectivity index (χ1v) is 7.03. The SMILES string of the molecule is O=C(O)c1cccc(NC(=O)c2ccc(Br)cc2Br)n1. The second kappa shape index (κ2) is 6.15. The van der Waals surface area contributed by atoms with E-state index in [9.17, 15) is 9.59 Å². The summed E-state index contributed by atoms with van der Waals surface area (Å²) in [6.45, 7) is 0. The number of nitrogens with zero attached hydrogens (tertiary/aromatic N) is 1. The predicted octanol–water partition coefficient (Wildman–Crippen LogP) is 3.56. The van der Waals surface area contributed by atoms with Gasteiger partial charge in [-0.05, 0) is 46.3 Å². The van der Waals surface area contributed by atoms with Crippen LogP contribution in [-0.4, -0.2) is 22.0 Å². The molecule has 2 aromatic rings. The average molecular weight is 400 g/mol. The lowest BCUT2D eigenvalue weighted by molar-refractivity contribution is 0.0690. The van der Waals surface area contributed by atoms with Gasteiger partial charge in [-0.1, -0.05) is 22.0 Å². The first kappa shape index (κ1) is 14.7. The molecule has 0 bridgehead atoms. The molecule has 0 atom stereocenters. The number of benzene rings is 1. The molecule has 0 spiro atoms. The van der Waals surface area contributed by atoms with E-state index in [0.29, 0.717) is 10.0 Å². The molecular weight excluding hydrogens is 392 g/mol. The summed E-state index contributed by atoms with van der Waals surface area (Å²) in [4.78, 5) is 26.7. The molecular formula is C13H8Br2N2O3. The Bertz CT molecular complexity index is 689. The molecule has 2 rings (SSSR count). The van der Waals surface area contributed by atoms with Gasteiger partial charge in [0.15, 0.2) is 5.69 Å². The molecule has 5 nitrogen and oxygen atoms in total. The number of carboxylic acid groups (broad SMARTS) is 1. The molecule has 0 aliphatic rings. The summed E-state index contributed by atoms with van der Waals surface area (Å²) in [5.74, 6) is -1.34. The number of aromatic carboxylic acids is 1. The molecule has 0 radical (unpaired) electrons. The van der Waals surface area contributed by atoms with Crippen molar-refractivity contribution in [3.63, 3.8) is 0 Å². The Hall–Kier alpha value is -1.73. The Kier molecular flexibility index (Phi) is 4.51. The van der Waals surface area contributed by atoms with Crippen LogP contribution in [0.1, 0.15) is 20.8 Å². The third-order valence-corrected chi connectivity index (χ3v) is 3.53. The topological polar surface area (TPSA) is 79.3 Å². The van der Waals surface area contributed by atoms with Gasteiger partial charge in [0.25, 0.3) is 5.91 Å². The van der Waals surface area contributed by atoms with Gasteiger partial charge in [0, 0.05) is 8.95 Å². The van der Waals surface area contributed by atoms with Gasteiger partial charge in [-0.3, -0.25) is 4.79 Å². The number of amides is 1. The van der Waals surface area contributed by atoms with E-state index in [0.717, 1.165) is 4.47 Å². The minimum absolute atomic E-state index is 0.127. The zero-order chi connectivity index (χ0) is 14.7. The standard InChI is InChI=1S/C13H8Br2N2O3/c14-7-4-5-8(9(15)6-7)12(18)17-11-3-1-2-10(16-11)13(19)20/h1-6H,(H,19,20)(H,16,17,18). The van der Waals surface area contributed by atoms with E-state index in [1.165, 1.54) is 18.2 Å². The number of halogens is 2. The lowest BCUT2D eigenvalue weighted by Gasteiger charge is -2.07. The van der Waals surface area contributed by atoms with Crippen LogP contribution in [0.3, 0.4) is 0 Å². The molecule has 1 heterocycles. The largest absolute Gasteiger partial charge is 0.477 e. The van der Waals surface area contributed by atoms with Crippen LogP contribution in [0.15, 0.2) is 45.3 Å². The molecule has 0 unspecified atom stereocenters. The van der Waals surface area contributed by atoms with Gasteiger partial charge in [0.2, 0.25) is 0 Å². The molecule has 1 amide bonds. The second-order valence-electron chi connectivity index (χ2n) is 3.79. The maximum absolute atomic E-state index is 12.1. The van der Waals surface area contributed by atoms with Crippen LogP contribution in [-0.2, 0) is 0 Å². The van der Waals surface area contributed by atoms with Crippen LogP contribution in [0, 0.1) is 0 Å². The molecule has 0 aliphatic carbocycles. The van der Waals surface area contributed by atoms with Crippen LogP contribution < -0.4 is 5.32 Å². The van der Waals surface area contributed by atoms with Crippen molar-refractivity contribution in [3.8, 4) is 0 Å². The van der Waals surface area contributed by atoms with Crippen molar-refractivity contribution in [2.45, 2.75) is 0 Å². The van der Waals surface area contributed by atoms with Gasteiger partial charge in [-0.2, -0.15) is 0 Å². The Morgan fingerprint density at radius 2 is 1.90 bits per heavy atom. The van der Waals surface area contributed by atoms with Crippen molar-refractivity contribution in [3.05, 3.63) is 56.6 Å². The monoisotopic (exact) mass is 398 g/mol.